The Kier molecular flexibility index (Phi) is 4.92. The summed E-state index contributed by atoms with van der Waals surface area (Å²) in [5.41, 5.74) is 0. The highest BCUT2D eigenvalue weighted by Crippen LogP contribution is 2.29. The smallest absolute Gasteiger partial charge is 0.131 e. The molecule has 0 amide bonds. The number of Topliss-reactive ketones (excluding diaryl/α,β-unsaturated/α-hetero) is 1. The molecule has 1 unspecified atom stereocenters. The molecule has 2 heterocycles. The molecule has 2 rings (SSSR count). The Morgan fingerprint density at radius 3 is 2.61 bits per heavy atom. The molecule has 1 atom stereocenters. The minimum atomic E-state index is 0.284. The van der Waals surface area contributed by atoms with Crippen molar-refractivity contribution < 1.29 is 4.79 Å². The van der Waals surface area contributed by atoms with Crippen molar-refractivity contribution in [3.05, 3.63) is 22.4 Å². The third-order valence-corrected chi connectivity index (χ3v) is 4.62. The number of thiophene rings is 1. The summed E-state index contributed by atoms with van der Waals surface area (Å²) in [6, 6.07) is 4.53. The molecule has 0 spiro atoms. The fourth-order valence-electron chi connectivity index (χ4n) is 2.55. The molecule has 0 saturated carbocycles. The summed E-state index contributed by atoms with van der Waals surface area (Å²) in [5, 5.41) is 2.10. The van der Waals surface area contributed by atoms with Crippen LogP contribution in [0.3, 0.4) is 0 Å². The van der Waals surface area contributed by atoms with E-state index in [1.807, 2.05) is 0 Å². The fourth-order valence-corrected chi connectivity index (χ4v) is 3.41. The number of ketones is 1. The van der Waals surface area contributed by atoms with E-state index in [0.29, 0.717) is 12.5 Å². The number of nitrogens with zero attached hydrogens (tertiary/aromatic N) is 2. The van der Waals surface area contributed by atoms with E-state index in [0.717, 1.165) is 32.7 Å². The first kappa shape index (κ1) is 13.7. The Balaban J connectivity index is 2.03. The van der Waals surface area contributed by atoms with Gasteiger partial charge in [0.05, 0.1) is 6.04 Å². The number of hydrogen-bond acceptors (Lipinski definition) is 4. The molecule has 1 saturated heterocycles. The fraction of sp³-hybridized carbons (Fsp3) is 0.643. The summed E-state index contributed by atoms with van der Waals surface area (Å²) in [5.74, 6) is 0.284. The van der Waals surface area contributed by atoms with Crippen LogP contribution in [0.1, 0.15) is 31.2 Å². The summed E-state index contributed by atoms with van der Waals surface area (Å²) in [6.07, 6.45) is 0.645. The quantitative estimate of drug-likeness (QED) is 0.817. The Morgan fingerprint density at radius 2 is 2.11 bits per heavy atom. The van der Waals surface area contributed by atoms with Gasteiger partial charge in [0.15, 0.2) is 0 Å². The molecule has 1 fully saturated rings. The van der Waals surface area contributed by atoms with E-state index in [1.165, 1.54) is 4.88 Å². The van der Waals surface area contributed by atoms with Crippen LogP contribution in [0.4, 0.5) is 0 Å². The van der Waals surface area contributed by atoms with Crippen LogP contribution >= 0.6 is 11.3 Å². The first-order chi connectivity index (χ1) is 8.70. The number of rotatable bonds is 5. The Labute approximate surface area is 113 Å². The van der Waals surface area contributed by atoms with Gasteiger partial charge in [0.2, 0.25) is 0 Å². The molecule has 0 bridgehead atoms. The van der Waals surface area contributed by atoms with Crippen molar-refractivity contribution in [1.82, 2.24) is 9.80 Å². The second-order valence-electron chi connectivity index (χ2n) is 4.91. The summed E-state index contributed by atoms with van der Waals surface area (Å²) in [7, 11) is 0. The van der Waals surface area contributed by atoms with Crippen molar-refractivity contribution in [2.24, 2.45) is 0 Å². The zero-order chi connectivity index (χ0) is 13.0. The molecule has 1 aliphatic heterocycles. The predicted octanol–water partition coefficient (Wildman–Crippen LogP) is 2.41. The number of hydrogen-bond donors (Lipinski definition) is 0. The second-order valence-corrected chi connectivity index (χ2v) is 5.89. The van der Waals surface area contributed by atoms with Gasteiger partial charge in [-0.3, -0.25) is 9.69 Å². The topological polar surface area (TPSA) is 23.6 Å². The van der Waals surface area contributed by atoms with Crippen LogP contribution in [0.15, 0.2) is 17.5 Å². The third-order valence-electron chi connectivity index (χ3n) is 3.65. The van der Waals surface area contributed by atoms with E-state index in [9.17, 15) is 4.79 Å². The van der Waals surface area contributed by atoms with Gasteiger partial charge >= 0.3 is 0 Å². The SMILES string of the molecule is CCN1CCN(C(CC(C)=O)c2cccs2)CC1. The van der Waals surface area contributed by atoms with Crippen molar-refractivity contribution in [2.75, 3.05) is 32.7 Å². The van der Waals surface area contributed by atoms with Crippen molar-refractivity contribution in [3.8, 4) is 0 Å². The summed E-state index contributed by atoms with van der Waals surface area (Å²) < 4.78 is 0. The van der Waals surface area contributed by atoms with Crippen LogP contribution in [-0.4, -0.2) is 48.3 Å². The zero-order valence-electron chi connectivity index (χ0n) is 11.3. The minimum Gasteiger partial charge on any atom is -0.301 e. The van der Waals surface area contributed by atoms with Gasteiger partial charge in [0.1, 0.15) is 5.78 Å². The highest BCUT2D eigenvalue weighted by Gasteiger charge is 2.26. The van der Waals surface area contributed by atoms with Crippen LogP contribution in [0.2, 0.25) is 0 Å². The summed E-state index contributed by atoms with van der Waals surface area (Å²) in [6.45, 7) is 9.43. The van der Waals surface area contributed by atoms with Crippen LogP contribution in [0.25, 0.3) is 0 Å². The molecule has 3 nitrogen and oxygen atoms in total. The maximum Gasteiger partial charge on any atom is 0.131 e. The van der Waals surface area contributed by atoms with Gasteiger partial charge in [-0.2, -0.15) is 0 Å². The van der Waals surface area contributed by atoms with E-state index < -0.39 is 0 Å². The lowest BCUT2D eigenvalue weighted by Gasteiger charge is -2.38. The molecule has 0 N–H and O–H groups in total. The van der Waals surface area contributed by atoms with Gasteiger partial charge in [0, 0.05) is 37.5 Å². The number of carbonyl (C=O) groups is 1. The molecule has 1 aromatic heterocycles. The first-order valence-electron chi connectivity index (χ1n) is 6.70. The van der Waals surface area contributed by atoms with Gasteiger partial charge in [0.25, 0.3) is 0 Å². The summed E-state index contributed by atoms with van der Waals surface area (Å²) >= 11 is 1.77. The van der Waals surface area contributed by atoms with E-state index >= 15 is 0 Å². The Hall–Kier alpha value is -0.710. The number of piperazine rings is 1. The van der Waals surface area contributed by atoms with Gasteiger partial charge in [-0.1, -0.05) is 13.0 Å². The van der Waals surface area contributed by atoms with Crippen molar-refractivity contribution in [3.63, 3.8) is 0 Å². The molecule has 1 aromatic rings. The molecule has 4 heteroatoms. The first-order valence-corrected chi connectivity index (χ1v) is 7.58. The van der Waals surface area contributed by atoms with Crippen molar-refractivity contribution in [2.45, 2.75) is 26.3 Å². The largest absolute Gasteiger partial charge is 0.301 e. The van der Waals surface area contributed by atoms with Crippen molar-refractivity contribution >= 4 is 17.1 Å². The van der Waals surface area contributed by atoms with Crippen LogP contribution in [0, 0.1) is 0 Å². The van der Waals surface area contributed by atoms with Gasteiger partial charge in [-0.25, -0.2) is 0 Å². The molecule has 0 radical (unpaired) electrons. The average molecular weight is 266 g/mol. The second kappa shape index (κ2) is 6.45. The average Bonchev–Trinajstić information content (AvgIpc) is 2.89. The highest BCUT2D eigenvalue weighted by molar-refractivity contribution is 7.10. The normalized spacial score (nSPS) is 19.9. The Bertz CT molecular complexity index is 369. The predicted molar refractivity (Wildman–Crippen MR) is 76.0 cm³/mol. The van der Waals surface area contributed by atoms with Crippen LogP contribution < -0.4 is 0 Å². The lowest BCUT2D eigenvalue weighted by Crippen LogP contribution is -2.47. The van der Waals surface area contributed by atoms with Crippen LogP contribution in [-0.2, 0) is 4.79 Å². The highest BCUT2D eigenvalue weighted by atomic mass is 32.1. The number of carbonyl (C=O) groups excluding carboxylic acids is 1. The maximum absolute atomic E-state index is 11.5. The summed E-state index contributed by atoms with van der Waals surface area (Å²) in [4.78, 5) is 17.7. The minimum absolute atomic E-state index is 0.284. The standard InChI is InChI=1S/C14H22N2OS/c1-3-15-6-8-16(9-7-15)13(11-12(2)17)14-5-4-10-18-14/h4-5,10,13H,3,6-9,11H2,1-2H3. The van der Waals surface area contributed by atoms with Crippen LogP contribution in [0.5, 0.6) is 0 Å². The monoisotopic (exact) mass is 266 g/mol. The van der Waals surface area contributed by atoms with E-state index in [4.69, 9.17) is 0 Å². The van der Waals surface area contributed by atoms with Crippen molar-refractivity contribution in [1.29, 1.82) is 0 Å². The van der Waals surface area contributed by atoms with Gasteiger partial charge < -0.3 is 4.90 Å². The molecule has 100 valence electrons. The zero-order valence-corrected chi connectivity index (χ0v) is 12.1. The lowest BCUT2D eigenvalue weighted by atomic mass is 10.1. The molecular formula is C14H22N2OS. The van der Waals surface area contributed by atoms with E-state index in [1.54, 1.807) is 18.3 Å². The third kappa shape index (κ3) is 3.40. The molecular weight excluding hydrogens is 244 g/mol. The van der Waals surface area contributed by atoms with E-state index in [-0.39, 0.29) is 5.78 Å². The van der Waals surface area contributed by atoms with Gasteiger partial charge in [-0.05, 0) is 24.9 Å². The molecule has 0 aliphatic carbocycles. The molecule has 1 aliphatic rings. The Morgan fingerprint density at radius 1 is 1.39 bits per heavy atom. The number of likely N-dealkylation sites (N-methyl/N-ethyl adjacent to an activating group) is 1. The maximum atomic E-state index is 11.5. The lowest BCUT2D eigenvalue weighted by molar-refractivity contribution is -0.118. The molecule has 18 heavy (non-hydrogen) atoms. The van der Waals surface area contributed by atoms with Gasteiger partial charge in [-0.15, -0.1) is 11.3 Å². The molecule has 0 aromatic carbocycles. The van der Waals surface area contributed by atoms with E-state index in [2.05, 4.69) is 34.2 Å².